The summed E-state index contributed by atoms with van der Waals surface area (Å²) in [6, 6.07) is 6.16. The fourth-order valence-corrected chi connectivity index (χ4v) is 4.15. The van der Waals surface area contributed by atoms with Gasteiger partial charge in [0.05, 0.1) is 12.4 Å². The number of piperidine rings is 1. The van der Waals surface area contributed by atoms with Crippen molar-refractivity contribution >= 4 is 23.8 Å². The smallest absolute Gasteiger partial charge is 0.409 e. The molecule has 0 saturated carbocycles. The van der Waals surface area contributed by atoms with Gasteiger partial charge in [0.15, 0.2) is 22.5 Å². The SMILES string of the molecule is C=CCn1c(COc2ccccc2F)nnc1SCC(=O)NC1CCN(C(=O)OCC)CC1. The van der Waals surface area contributed by atoms with E-state index in [1.54, 1.807) is 40.7 Å². The van der Waals surface area contributed by atoms with E-state index in [2.05, 4.69) is 22.1 Å². The molecule has 11 heteroatoms. The average Bonchev–Trinajstić information content (AvgIpc) is 3.19. The van der Waals surface area contributed by atoms with E-state index < -0.39 is 5.82 Å². The molecule has 2 aromatic rings. The molecule has 0 atom stereocenters. The number of aromatic nitrogens is 3. The van der Waals surface area contributed by atoms with Gasteiger partial charge in [-0.25, -0.2) is 9.18 Å². The number of likely N-dealkylation sites (tertiary alicyclic amines) is 1. The summed E-state index contributed by atoms with van der Waals surface area (Å²) in [6.45, 7) is 7.44. The third-order valence-corrected chi connectivity index (χ3v) is 5.98. The lowest BCUT2D eigenvalue weighted by Crippen LogP contribution is -2.47. The van der Waals surface area contributed by atoms with Crippen molar-refractivity contribution in [1.29, 1.82) is 0 Å². The van der Waals surface area contributed by atoms with Crippen LogP contribution in [0.5, 0.6) is 5.75 Å². The lowest BCUT2D eigenvalue weighted by Gasteiger charge is -2.31. The Morgan fingerprint density at radius 1 is 1.30 bits per heavy atom. The molecule has 33 heavy (non-hydrogen) atoms. The molecule has 1 aromatic carbocycles. The van der Waals surface area contributed by atoms with Gasteiger partial charge in [-0.15, -0.1) is 16.8 Å². The van der Waals surface area contributed by atoms with Crippen molar-refractivity contribution in [1.82, 2.24) is 25.0 Å². The summed E-state index contributed by atoms with van der Waals surface area (Å²) >= 11 is 1.26. The standard InChI is InChI=1S/C22H28FN5O4S/c1-3-11-28-19(14-32-18-8-6-5-7-17(18)23)25-26-21(28)33-15-20(29)24-16-9-12-27(13-10-16)22(30)31-4-2/h3,5-8,16H,1,4,9-15H2,2H3,(H,24,29). The van der Waals surface area contributed by atoms with Crippen molar-refractivity contribution in [2.75, 3.05) is 25.4 Å². The Morgan fingerprint density at radius 3 is 2.76 bits per heavy atom. The van der Waals surface area contributed by atoms with Gasteiger partial charge in [-0.1, -0.05) is 30.0 Å². The van der Waals surface area contributed by atoms with Gasteiger partial charge in [0.2, 0.25) is 5.91 Å². The minimum atomic E-state index is -0.452. The molecule has 0 spiro atoms. The van der Waals surface area contributed by atoms with Crippen LogP contribution in [0.2, 0.25) is 0 Å². The van der Waals surface area contributed by atoms with Crippen molar-refractivity contribution in [3.8, 4) is 5.75 Å². The first-order chi connectivity index (χ1) is 16.0. The Balaban J connectivity index is 1.49. The number of benzene rings is 1. The molecule has 0 unspecified atom stereocenters. The number of nitrogens with zero attached hydrogens (tertiary/aromatic N) is 4. The first-order valence-electron chi connectivity index (χ1n) is 10.8. The van der Waals surface area contributed by atoms with Crippen molar-refractivity contribution in [3.63, 3.8) is 0 Å². The number of rotatable bonds is 10. The molecule has 0 bridgehead atoms. The van der Waals surface area contributed by atoms with Crippen LogP contribution in [-0.2, 0) is 22.7 Å². The number of allylic oxidation sites excluding steroid dienone is 1. The van der Waals surface area contributed by atoms with Gasteiger partial charge in [0.25, 0.3) is 0 Å². The van der Waals surface area contributed by atoms with E-state index in [9.17, 15) is 14.0 Å². The van der Waals surface area contributed by atoms with Crippen LogP contribution in [0, 0.1) is 5.82 Å². The number of hydrogen-bond donors (Lipinski definition) is 1. The number of halogens is 1. The third kappa shape index (κ3) is 6.95. The molecule has 1 aliphatic rings. The van der Waals surface area contributed by atoms with E-state index in [-0.39, 0.29) is 36.2 Å². The Hall–Kier alpha value is -3.08. The number of ether oxygens (including phenoxy) is 2. The molecule has 1 aliphatic heterocycles. The maximum atomic E-state index is 13.8. The highest BCUT2D eigenvalue weighted by Crippen LogP contribution is 2.21. The molecule has 2 amide bonds. The number of amides is 2. The number of hydrogen-bond acceptors (Lipinski definition) is 7. The monoisotopic (exact) mass is 477 g/mol. The molecule has 1 fully saturated rings. The second kappa shape index (κ2) is 12.2. The summed E-state index contributed by atoms with van der Waals surface area (Å²) in [6.07, 6.45) is 2.74. The number of para-hydroxylation sites is 1. The van der Waals surface area contributed by atoms with Crippen molar-refractivity contribution < 1.29 is 23.5 Å². The van der Waals surface area contributed by atoms with Gasteiger partial charge in [0.1, 0.15) is 6.61 Å². The Kier molecular flexibility index (Phi) is 9.11. The van der Waals surface area contributed by atoms with Crippen LogP contribution >= 0.6 is 11.8 Å². The molecular formula is C22H28FN5O4S. The molecular weight excluding hydrogens is 449 g/mol. The van der Waals surface area contributed by atoms with Gasteiger partial charge >= 0.3 is 6.09 Å². The topological polar surface area (TPSA) is 98.6 Å². The molecule has 3 rings (SSSR count). The quantitative estimate of drug-likeness (QED) is 0.415. The maximum absolute atomic E-state index is 13.8. The highest BCUT2D eigenvalue weighted by Gasteiger charge is 2.24. The number of carbonyl (C=O) groups is 2. The van der Waals surface area contributed by atoms with Crippen LogP contribution < -0.4 is 10.1 Å². The predicted molar refractivity (Wildman–Crippen MR) is 121 cm³/mol. The van der Waals surface area contributed by atoms with Gasteiger partial charge in [0, 0.05) is 25.7 Å². The minimum absolute atomic E-state index is 0.0135. The van der Waals surface area contributed by atoms with E-state index in [0.29, 0.717) is 50.1 Å². The summed E-state index contributed by atoms with van der Waals surface area (Å²) in [5.41, 5.74) is 0. The second-order valence-electron chi connectivity index (χ2n) is 7.33. The fraction of sp³-hybridized carbons (Fsp3) is 0.455. The predicted octanol–water partition coefficient (Wildman–Crippen LogP) is 3.01. The number of thioether (sulfide) groups is 1. The summed E-state index contributed by atoms with van der Waals surface area (Å²) in [5.74, 6) is 0.237. The van der Waals surface area contributed by atoms with E-state index >= 15 is 0 Å². The molecule has 0 radical (unpaired) electrons. The van der Waals surface area contributed by atoms with Crippen LogP contribution in [0.15, 0.2) is 42.1 Å². The number of carbonyl (C=O) groups excluding carboxylic acids is 2. The highest BCUT2D eigenvalue weighted by atomic mass is 32.2. The first kappa shape index (κ1) is 24.6. The van der Waals surface area contributed by atoms with Crippen molar-refractivity contribution in [2.45, 2.75) is 44.1 Å². The van der Waals surface area contributed by atoms with Crippen LogP contribution in [0.25, 0.3) is 0 Å². The summed E-state index contributed by atoms with van der Waals surface area (Å²) in [7, 11) is 0. The first-order valence-corrected chi connectivity index (χ1v) is 11.7. The van der Waals surface area contributed by atoms with Crippen LogP contribution in [-0.4, -0.2) is 63.2 Å². The normalized spacial score (nSPS) is 14.1. The van der Waals surface area contributed by atoms with Gasteiger partial charge in [-0.05, 0) is 31.9 Å². The second-order valence-corrected chi connectivity index (χ2v) is 8.28. The largest absolute Gasteiger partial charge is 0.483 e. The Labute approximate surface area is 196 Å². The van der Waals surface area contributed by atoms with E-state index in [0.717, 1.165) is 0 Å². The molecule has 1 aromatic heterocycles. The maximum Gasteiger partial charge on any atom is 0.409 e. The van der Waals surface area contributed by atoms with E-state index in [1.807, 2.05) is 0 Å². The zero-order valence-electron chi connectivity index (χ0n) is 18.5. The van der Waals surface area contributed by atoms with E-state index in [4.69, 9.17) is 9.47 Å². The molecule has 9 nitrogen and oxygen atoms in total. The highest BCUT2D eigenvalue weighted by molar-refractivity contribution is 7.99. The fourth-order valence-electron chi connectivity index (χ4n) is 3.37. The molecule has 1 saturated heterocycles. The van der Waals surface area contributed by atoms with Gasteiger partial charge < -0.3 is 19.7 Å². The molecule has 2 heterocycles. The average molecular weight is 478 g/mol. The summed E-state index contributed by atoms with van der Waals surface area (Å²) in [4.78, 5) is 25.9. The Bertz CT molecular complexity index is 962. The van der Waals surface area contributed by atoms with Crippen molar-refractivity contribution in [2.24, 2.45) is 0 Å². The van der Waals surface area contributed by atoms with Crippen molar-refractivity contribution in [3.05, 3.63) is 48.6 Å². The molecule has 178 valence electrons. The summed E-state index contributed by atoms with van der Waals surface area (Å²) in [5, 5.41) is 11.8. The van der Waals surface area contributed by atoms with Gasteiger partial charge in [-0.3, -0.25) is 9.36 Å². The zero-order chi connectivity index (χ0) is 23.6. The third-order valence-electron chi connectivity index (χ3n) is 5.02. The number of nitrogens with one attached hydrogen (secondary N) is 1. The van der Waals surface area contributed by atoms with Crippen LogP contribution in [0.1, 0.15) is 25.6 Å². The molecule has 1 N–H and O–H groups in total. The minimum Gasteiger partial charge on any atom is -0.483 e. The summed E-state index contributed by atoms with van der Waals surface area (Å²) < 4.78 is 26.1. The molecule has 0 aliphatic carbocycles. The van der Waals surface area contributed by atoms with E-state index in [1.165, 1.54) is 17.8 Å². The van der Waals surface area contributed by atoms with Gasteiger partial charge in [-0.2, -0.15) is 0 Å². The van der Waals surface area contributed by atoms with Crippen LogP contribution in [0.3, 0.4) is 0 Å². The zero-order valence-corrected chi connectivity index (χ0v) is 19.4. The Morgan fingerprint density at radius 2 is 2.06 bits per heavy atom. The lowest BCUT2D eigenvalue weighted by molar-refractivity contribution is -0.119. The van der Waals surface area contributed by atoms with Crippen LogP contribution in [0.4, 0.5) is 9.18 Å². The lowest BCUT2D eigenvalue weighted by atomic mass is 10.1.